The molecule has 0 aliphatic rings. The summed E-state index contributed by atoms with van der Waals surface area (Å²) in [5.74, 6) is 3.36. The van der Waals surface area contributed by atoms with Gasteiger partial charge in [0.15, 0.2) is 11.5 Å². The first-order valence-corrected chi connectivity index (χ1v) is 8.49. The van der Waals surface area contributed by atoms with Crippen molar-refractivity contribution in [3.8, 4) is 11.5 Å². The van der Waals surface area contributed by atoms with Gasteiger partial charge in [0.1, 0.15) is 12.7 Å². The predicted molar refractivity (Wildman–Crippen MR) is 64.4 cm³/mol. The quantitative estimate of drug-likeness (QED) is 0.580. The van der Waals surface area contributed by atoms with Crippen LogP contribution in [0.1, 0.15) is 5.69 Å². The maximum Gasteiger partial charge on any atom is 0.158 e. The Balaban J connectivity index is 3.06. The van der Waals surface area contributed by atoms with E-state index < -0.39 is 8.07 Å². The zero-order chi connectivity index (χ0) is 10.8. The first-order valence-electron chi connectivity index (χ1n) is 4.20. The molecule has 2 N–H and O–H groups in total. The van der Waals surface area contributed by atoms with Crippen LogP contribution in [-0.2, 0) is 0 Å². The molecule has 3 nitrogen and oxygen atoms in total. The van der Waals surface area contributed by atoms with Crippen LogP contribution in [0.2, 0.25) is 19.6 Å². The van der Waals surface area contributed by atoms with E-state index in [1.807, 2.05) is 0 Å². The van der Waals surface area contributed by atoms with Gasteiger partial charge in [0.25, 0.3) is 0 Å². The Morgan fingerprint density at radius 1 is 1.43 bits per heavy atom. The van der Waals surface area contributed by atoms with Crippen LogP contribution in [0.3, 0.4) is 0 Å². The van der Waals surface area contributed by atoms with Crippen LogP contribution in [0.4, 0.5) is 5.82 Å². The van der Waals surface area contributed by atoms with Crippen LogP contribution in [0, 0.1) is 11.5 Å². The minimum atomic E-state index is -1.38. The van der Waals surface area contributed by atoms with Crippen molar-refractivity contribution in [1.29, 1.82) is 0 Å². The molecule has 0 radical (unpaired) electrons. The summed E-state index contributed by atoms with van der Waals surface area (Å²) in [6.45, 7) is 6.50. The highest BCUT2D eigenvalue weighted by Crippen LogP contribution is 2.09. The fourth-order valence-electron chi connectivity index (χ4n) is 0.716. The molecule has 5 heteroatoms. The molecule has 0 spiro atoms. The van der Waals surface area contributed by atoms with Crippen molar-refractivity contribution in [2.45, 2.75) is 19.6 Å². The molecule has 0 unspecified atom stereocenters. The van der Waals surface area contributed by atoms with Gasteiger partial charge in [-0.25, -0.2) is 9.97 Å². The number of nitrogen functional groups attached to an aromatic ring is 1. The van der Waals surface area contributed by atoms with Gasteiger partial charge in [0.05, 0.1) is 6.20 Å². The second-order valence-corrected chi connectivity index (χ2v) is 9.49. The topological polar surface area (TPSA) is 51.8 Å². The maximum absolute atomic E-state index is 5.64. The van der Waals surface area contributed by atoms with Crippen molar-refractivity contribution in [2.24, 2.45) is 0 Å². The predicted octanol–water partition coefficient (Wildman–Crippen LogP) is 2.05. The van der Waals surface area contributed by atoms with E-state index in [0.29, 0.717) is 16.1 Å². The number of anilines is 1. The lowest BCUT2D eigenvalue weighted by molar-refractivity contribution is 1.15. The minimum Gasteiger partial charge on any atom is -0.381 e. The molecule has 0 saturated carbocycles. The Kier molecular flexibility index (Phi) is 3.29. The van der Waals surface area contributed by atoms with Crippen LogP contribution >= 0.6 is 15.9 Å². The fourth-order valence-corrected chi connectivity index (χ4v) is 1.49. The van der Waals surface area contributed by atoms with Gasteiger partial charge >= 0.3 is 0 Å². The van der Waals surface area contributed by atoms with Crippen LogP contribution in [0.5, 0.6) is 0 Å². The molecule has 0 aliphatic carbocycles. The highest BCUT2D eigenvalue weighted by Gasteiger charge is 2.08. The molecule has 1 aromatic rings. The summed E-state index contributed by atoms with van der Waals surface area (Å²) in [4.78, 5) is 8.11. The van der Waals surface area contributed by atoms with Crippen molar-refractivity contribution in [3.05, 3.63) is 16.5 Å². The standard InChI is InChI=1S/C9H12BrN3Si/c1-14(2,3)5-4-7-9(11)12-6-8(10)13-7/h6H,1-3H3,(H2,11,12). The van der Waals surface area contributed by atoms with Gasteiger partial charge in [0, 0.05) is 0 Å². The summed E-state index contributed by atoms with van der Waals surface area (Å²) in [7, 11) is -1.38. The van der Waals surface area contributed by atoms with Crippen LogP contribution in [-0.4, -0.2) is 18.0 Å². The van der Waals surface area contributed by atoms with E-state index in [1.54, 1.807) is 6.20 Å². The Labute approximate surface area is 93.3 Å². The van der Waals surface area contributed by atoms with Gasteiger partial charge in [-0.05, 0) is 15.9 Å². The number of halogens is 1. The van der Waals surface area contributed by atoms with Gasteiger partial charge < -0.3 is 5.73 Å². The molecular formula is C9H12BrN3Si. The molecule has 0 saturated heterocycles. The van der Waals surface area contributed by atoms with Crippen molar-refractivity contribution in [1.82, 2.24) is 9.97 Å². The van der Waals surface area contributed by atoms with Crippen LogP contribution < -0.4 is 5.73 Å². The Bertz CT molecular complexity index is 401. The molecule has 1 heterocycles. The summed E-state index contributed by atoms with van der Waals surface area (Å²) in [5.41, 5.74) is 9.39. The molecule has 0 amide bonds. The van der Waals surface area contributed by atoms with Gasteiger partial charge in [-0.2, -0.15) is 0 Å². The lowest BCUT2D eigenvalue weighted by Gasteiger charge is -2.03. The first-order chi connectivity index (χ1) is 6.38. The third-order valence-corrected chi connectivity index (χ3v) is 2.58. The normalized spacial score (nSPS) is 10.6. The Morgan fingerprint density at radius 2 is 2.07 bits per heavy atom. The smallest absolute Gasteiger partial charge is 0.158 e. The van der Waals surface area contributed by atoms with E-state index in [1.165, 1.54) is 0 Å². The highest BCUT2D eigenvalue weighted by molar-refractivity contribution is 9.10. The summed E-state index contributed by atoms with van der Waals surface area (Å²) >= 11 is 3.23. The second-order valence-electron chi connectivity index (χ2n) is 3.93. The van der Waals surface area contributed by atoms with E-state index in [9.17, 15) is 0 Å². The van der Waals surface area contributed by atoms with Crippen molar-refractivity contribution < 1.29 is 0 Å². The molecule has 0 bridgehead atoms. The Hall–Kier alpha value is -0.863. The first kappa shape index (κ1) is 11.2. The SMILES string of the molecule is C[Si](C)(C)C#Cc1nc(Br)cnc1N. The number of hydrogen-bond acceptors (Lipinski definition) is 3. The number of aromatic nitrogens is 2. The molecule has 14 heavy (non-hydrogen) atoms. The molecule has 0 fully saturated rings. The van der Waals surface area contributed by atoms with Gasteiger partial charge in [-0.3, -0.25) is 0 Å². The zero-order valence-corrected chi connectivity index (χ0v) is 11.0. The van der Waals surface area contributed by atoms with E-state index in [2.05, 4.69) is 57.0 Å². The van der Waals surface area contributed by atoms with Gasteiger partial charge in [0.2, 0.25) is 0 Å². The second kappa shape index (κ2) is 4.11. The molecule has 74 valence electrons. The number of nitrogens with zero attached hydrogens (tertiary/aromatic N) is 2. The molecule has 0 aliphatic heterocycles. The lowest BCUT2D eigenvalue weighted by Crippen LogP contribution is -2.16. The average molecular weight is 270 g/mol. The fraction of sp³-hybridized carbons (Fsp3) is 0.333. The summed E-state index contributed by atoms with van der Waals surface area (Å²) in [6, 6.07) is 0. The Morgan fingerprint density at radius 3 is 2.64 bits per heavy atom. The molecule has 1 rings (SSSR count). The summed E-state index contributed by atoms with van der Waals surface area (Å²) in [5, 5.41) is 0. The van der Waals surface area contributed by atoms with Gasteiger partial charge in [-0.1, -0.05) is 25.6 Å². The van der Waals surface area contributed by atoms with E-state index in [4.69, 9.17) is 5.73 Å². The molecule has 1 aromatic heterocycles. The maximum atomic E-state index is 5.64. The highest BCUT2D eigenvalue weighted by atomic mass is 79.9. The number of nitrogens with two attached hydrogens (primary N) is 1. The van der Waals surface area contributed by atoms with E-state index in [-0.39, 0.29) is 0 Å². The monoisotopic (exact) mass is 269 g/mol. The lowest BCUT2D eigenvalue weighted by atomic mass is 10.4. The third-order valence-electron chi connectivity index (χ3n) is 1.33. The molecule has 0 atom stereocenters. The third kappa shape index (κ3) is 3.48. The largest absolute Gasteiger partial charge is 0.381 e. The number of rotatable bonds is 0. The molecular weight excluding hydrogens is 258 g/mol. The van der Waals surface area contributed by atoms with Crippen molar-refractivity contribution >= 4 is 29.8 Å². The van der Waals surface area contributed by atoms with Crippen molar-refractivity contribution in [2.75, 3.05) is 5.73 Å². The minimum absolute atomic E-state index is 0.388. The summed E-state index contributed by atoms with van der Waals surface area (Å²) in [6.07, 6.45) is 1.56. The average Bonchev–Trinajstić information content (AvgIpc) is 2.05. The summed E-state index contributed by atoms with van der Waals surface area (Å²) < 4.78 is 0.659. The van der Waals surface area contributed by atoms with Crippen LogP contribution in [0.15, 0.2) is 10.8 Å². The van der Waals surface area contributed by atoms with Crippen molar-refractivity contribution in [3.63, 3.8) is 0 Å². The van der Waals surface area contributed by atoms with E-state index >= 15 is 0 Å². The number of hydrogen-bond donors (Lipinski definition) is 1. The zero-order valence-electron chi connectivity index (χ0n) is 8.43. The molecule has 0 aromatic carbocycles. The van der Waals surface area contributed by atoms with E-state index in [0.717, 1.165) is 0 Å². The van der Waals surface area contributed by atoms with Crippen LogP contribution in [0.25, 0.3) is 0 Å². The van der Waals surface area contributed by atoms with Gasteiger partial charge in [-0.15, -0.1) is 5.54 Å².